The largest absolute Gasteiger partial charge is 0.309 e. The monoisotopic (exact) mass is 820 g/mol. The minimum absolute atomic E-state index is 0.0817. The SMILES string of the molecule is CC1(C)CCC(C)(C)c2cc3c(cc21)c1cc2ccccc2cc1n3-c1cccc(-c2nc(C3=CCC(C4C=CC=C5Sc6ccccc6C54)C=C3)nc(-c3ccccc3)n2)c1. The first-order valence-electron chi connectivity index (χ1n) is 22.2. The molecule has 0 N–H and O–H groups in total. The van der Waals surface area contributed by atoms with Gasteiger partial charge in [-0.15, -0.1) is 0 Å². The van der Waals surface area contributed by atoms with E-state index in [0.29, 0.717) is 35.2 Å². The molecule has 0 saturated heterocycles. The Morgan fingerprint density at radius 2 is 1.27 bits per heavy atom. The van der Waals surface area contributed by atoms with Gasteiger partial charge in [-0.25, -0.2) is 15.0 Å². The first-order valence-corrected chi connectivity index (χ1v) is 23.0. The zero-order valence-electron chi connectivity index (χ0n) is 35.6. The van der Waals surface area contributed by atoms with Crippen molar-refractivity contribution in [3.8, 4) is 28.5 Å². The molecule has 8 aromatic rings. The van der Waals surface area contributed by atoms with E-state index in [-0.39, 0.29) is 10.8 Å². The minimum Gasteiger partial charge on any atom is -0.309 e. The maximum absolute atomic E-state index is 5.28. The highest BCUT2D eigenvalue weighted by Crippen LogP contribution is 2.56. The van der Waals surface area contributed by atoms with Crippen LogP contribution in [0.25, 0.3) is 66.6 Å². The van der Waals surface area contributed by atoms with Crippen LogP contribution in [-0.2, 0) is 10.8 Å². The molecule has 62 heavy (non-hydrogen) atoms. The van der Waals surface area contributed by atoms with Crippen molar-refractivity contribution < 1.29 is 0 Å². The molecule has 0 saturated carbocycles. The fourth-order valence-electron chi connectivity index (χ4n) is 10.8. The van der Waals surface area contributed by atoms with Gasteiger partial charge in [0.15, 0.2) is 17.5 Å². The third-order valence-electron chi connectivity index (χ3n) is 14.3. The van der Waals surface area contributed by atoms with Crippen molar-refractivity contribution >= 4 is 49.9 Å². The molecule has 4 nitrogen and oxygen atoms in total. The lowest BCUT2D eigenvalue weighted by atomic mass is 9.63. The predicted molar refractivity (Wildman–Crippen MR) is 259 cm³/mol. The van der Waals surface area contributed by atoms with Crippen molar-refractivity contribution in [1.82, 2.24) is 19.5 Å². The third-order valence-corrected chi connectivity index (χ3v) is 15.5. The number of benzene rings is 6. The predicted octanol–water partition coefficient (Wildman–Crippen LogP) is 14.7. The molecular formula is C57H48N4S. The summed E-state index contributed by atoms with van der Waals surface area (Å²) in [5, 5.41) is 5.07. The number of allylic oxidation sites excluding steroid dienone is 8. The topological polar surface area (TPSA) is 43.6 Å². The molecule has 1 aliphatic heterocycles. The number of rotatable bonds is 5. The second kappa shape index (κ2) is 14.1. The van der Waals surface area contributed by atoms with Crippen molar-refractivity contribution in [3.05, 3.63) is 191 Å². The van der Waals surface area contributed by atoms with Crippen molar-refractivity contribution in [2.75, 3.05) is 0 Å². The Hall–Kier alpha value is -6.30. The fourth-order valence-corrected chi connectivity index (χ4v) is 12.0. The molecule has 0 fully saturated rings. The lowest BCUT2D eigenvalue weighted by Crippen LogP contribution is -2.33. The van der Waals surface area contributed by atoms with Crippen LogP contribution >= 0.6 is 11.8 Å². The summed E-state index contributed by atoms with van der Waals surface area (Å²) in [5.41, 5.74) is 11.1. The summed E-state index contributed by atoms with van der Waals surface area (Å²) in [6, 6.07) is 46.6. The molecule has 0 spiro atoms. The van der Waals surface area contributed by atoms with E-state index in [1.165, 1.54) is 71.9 Å². The molecule has 3 atom stereocenters. The highest BCUT2D eigenvalue weighted by atomic mass is 32.2. The van der Waals surface area contributed by atoms with Crippen LogP contribution in [0.2, 0.25) is 0 Å². The summed E-state index contributed by atoms with van der Waals surface area (Å²) in [5.74, 6) is 3.24. The quantitative estimate of drug-likeness (QED) is 0.173. The normalized spacial score (nSPS) is 20.8. The van der Waals surface area contributed by atoms with Crippen LogP contribution in [0.15, 0.2) is 174 Å². The molecule has 3 unspecified atom stereocenters. The Kier molecular flexibility index (Phi) is 8.53. The average molecular weight is 821 g/mol. The van der Waals surface area contributed by atoms with Crippen molar-refractivity contribution in [1.29, 1.82) is 0 Å². The number of hydrogen-bond acceptors (Lipinski definition) is 4. The lowest BCUT2D eigenvalue weighted by Gasteiger charge is -2.42. The van der Waals surface area contributed by atoms with E-state index in [9.17, 15) is 0 Å². The molecule has 12 rings (SSSR count). The summed E-state index contributed by atoms with van der Waals surface area (Å²) in [6.45, 7) is 9.68. The number of nitrogens with zero attached hydrogens (tertiary/aromatic N) is 4. The molecule has 0 radical (unpaired) electrons. The van der Waals surface area contributed by atoms with Gasteiger partial charge in [-0.2, -0.15) is 0 Å². The Labute approximate surface area is 367 Å². The zero-order valence-corrected chi connectivity index (χ0v) is 36.5. The number of hydrogen-bond donors (Lipinski definition) is 0. The Bertz CT molecular complexity index is 3270. The van der Waals surface area contributed by atoms with Crippen LogP contribution in [0.4, 0.5) is 0 Å². The van der Waals surface area contributed by atoms with Gasteiger partial charge in [0.25, 0.3) is 0 Å². The van der Waals surface area contributed by atoms with Gasteiger partial charge in [-0.1, -0.05) is 161 Å². The van der Waals surface area contributed by atoms with Crippen molar-refractivity contribution in [3.63, 3.8) is 0 Å². The second-order valence-corrected chi connectivity index (χ2v) is 20.1. The molecule has 4 aliphatic rings. The smallest absolute Gasteiger partial charge is 0.164 e. The third kappa shape index (κ3) is 6.07. The molecular weight excluding hydrogens is 773 g/mol. The van der Waals surface area contributed by atoms with E-state index >= 15 is 0 Å². The first kappa shape index (κ1) is 37.5. The summed E-state index contributed by atoms with van der Waals surface area (Å²) in [6.07, 6.45) is 17.3. The van der Waals surface area contributed by atoms with Crippen molar-refractivity contribution in [2.24, 2.45) is 11.8 Å². The molecule has 302 valence electrons. The maximum Gasteiger partial charge on any atom is 0.164 e. The summed E-state index contributed by atoms with van der Waals surface area (Å²) in [4.78, 5) is 18.5. The van der Waals surface area contributed by atoms with Crippen LogP contribution in [0.1, 0.15) is 75.4 Å². The number of thioether (sulfide) groups is 1. The fraction of sp³-hybridized carbons (Fsp3) is 0.211. The van der Waals surface area contributed by atoms with Gasteiger partial charge in [0, 0.05) is 44.0 Å². The van der Waals surface area contributed by atoms with Crippen LogP contribution in [0.5, 0.6) is 0 Å². The van der Waals surface area contributed by atoms with Gasteiger partial charge in [-0.05, 0) is 117 Å². The molecule has 0 amide bonds. The maximum atomic E-state index is 5.28. The van der Waals surface area contributed by atoms with E-state index in [4.69, 9.17) is 15.0 Å². The Morgan fingerprint density at radius 1 is 0.613 bits per heavy atom. The molecule has 0 bridgehead atoms. The number of aromatic nitrogens is 4. The van der Waals surface area contributed by atoms with E-state index < -0.39 is 0 Å². The molecule has 2 aromatic heterocycles. The van der Waals surface area contributed by atoms with Crippen LogP contribution in [0.3, 0.4) is 0 Å². The highest BCUT2D eigenvalue weighted by Gasteiger charge is 2.39. The summed E-state index contributed by atoms with van der Waals surface area (Å²) >= 11 is 1.93. The van der Waals surface area contributed by atoms with Gasteiger partial charge in [0.2, 0.25) is 0 Å². The van der Waals surface area contributed by atoms with Crippen LogP contribution in [-0.4, -0.2) is 19.5 Å². The average Bonchev–Trinajstić information content (AvgIpc) is 3.85. The summed E-state index contributed by atoms with van der Waals surface area (Å²) < 4.78 is 2.48. The molecule has 6 aromatic carbocycles. The van der Waals surface area contributed by atoms with Gasteiger partial charge in [0.05, 0.1) is 11.0 Å². The minimum atomic E-state index is 0.0817. The van der Waals surface area contributed by atoms with E-state index in [1.54, 1.807) is 0 Å². The van der Waals surface area contributed by atoms with E-state index in [0.717, 1.165) is 28.8 Å². The van der Waals surface area contributed by atoms with Gasteiger partial charge >= 0.3 is 0 Å². The van der Waals surface area contributed by atoms with Gasteiger partial charge in [0.1, 0.15) is 0 Å². The molecule has 3 heterocycles. The highest BCUT2D eigenvalue weighted by molar-refractivity contribution is 8.03. The Morgan fingerprint density at radius 3 is 2.06 bits per heavy atom. The summed E-state index contributed by atoms with van der Waals surface area (Å²) in [7, 11) is 0. The Balaban J connectivity index is 0.973. The molecule has 3 aliphatic carbocycles. The standard InChI is InChI=1S/C57H48N4S/c1-56(2)28-29-57(3,4)47-34-49-45(33-46(47)56)44-31-38-16-8-9-17-39(38)32-48(44)61(49)41-19-12-18-40(30-41)55-59-53(36-14-6-5-7-15-36)58-54(60-55)37-26-24-35(25-27-37)42-21-13-23-51-52(42)43-20-10-11-22-50(43)62-51/h5-24,26-27,30-35,42,52H,25,28-29H2,1-4H3. The van der Waals surface area contributed by atoms with Crippen LogP contribution < -0.4 is 0 Å². The number of fused-ring (bicyclic) bond motifs is 8. The second-order valence-electron chi connectivity index (χ2n) is 19.0. The zero-order chi connectivity index (χ0) is 41.7. The van der Waals surface area contributed by atoms with Gasteiger partial charge in [-0.3, -0.25) is 0 Å². The van der Waals surface area contributed by atoms with Crippen molar-refractivity contribution in [2.45, 2.75) is 68.6 Å². The van der Waals surface area contributed by atoms with E-state index in [1.807, 2.05) is 17.8 Å². The lowest BCUT2D eigenvalue weighted by molar-refractivity contribution is 0.332. The molecule has 5 heteroatoms. The van der Waals surface area contributed by atoms with Gasteiger partial charge < -0.3 is 4.57 Å². The first-order chi connectivity index (χ1) is 30.2. The van der Waals surface area contributed by atoms with Crippen LogP contribution in [0, 0.1) is 11.8 Å². The van der Waals surface area contributed by atoms with E-state index in [2.05, 4.69) is 190 Å².